The van der Waals surface area contributed by atoms with Crippen molar-refractivity contribution in [3.63, 3.8) is 0 Å². The number of nitrogens with one attached hydrogen (secondary N) is 1. The fraction of sp³-hybridized carbons (Fsp3) is 0.333. The minimum absolute atomic E-state index is 0.0692. The molecule has 1 aromatic carbocycles. The largest absolute Gasteiger partial charge is 0.457 e. The van der Waals surface area contributed by atoms with Crippen molar-refractivity contribution in [2.75, 3.05) is 0 Å². The zero-order chi connectivity index (χ0) is 13.8. The van der Waals surface area contributed by atoms with Crippen molar-refractivity contribution in [1.82, 2.24) is 5.43 Å². The fourth-order valence-corrected chi connectivity index (χ4v) is 2.72. The van der Waals surface area contributed by atoms with Crippen molar-refractivity contribution in [2.24, 2.45) is 11.8 Å². The highest BCUT2D eigenvalue weighted by molar-refractivity contribution is 9.10. The molecule has 1 heterocycles. The molecular weight excluding hydrogens is 304 g/mol. The molecule has 0 fully saturated rings. The van der Waals surface area contributed by atoms with Crippen molar-refractivity contribution in [3.8, 4) is 0 Å². The van der Waals surface area contributed by atoms with E-state index in [9.17, 15) is 0 Å². The van der Waals surface area contributed by atoms with Crippen molar-refractivity contribution in [1.29, 1.82) is 0 Å². The fourth-order valence-electron chi connectivity index (χ4n) is 2.25. The maximum atomic E-state index is 5.70. The van der Waals surface area contributed by atoms with Gasteiger partial charge in [-0.3, -0.25) is 5.84 Å². The number of hydrazine groups is 1. The summed E-state index contributed by atoms with van der Waals surface area (Å²) in [6, 6.07) is 10.4. The number of nitrogens with two attached hydrogens (primary N) is 1. The monoisotopic (exact) mass is 322 g/mol. The van der Waals surface area contributed by atoms with E-state index in [0.29, 0.717) is 10.6 Å². The van der Waals surface area contributed by atoms with Gasteiger partial charge in [-0.1, -0.05) is 38.1 Å². The minimum atomic E-state index is -0.0692. The van der Waals surface area contributed by atoms with Gasteiger partial charge in [-0.15, -0.1) is 0 Å². The first-order valence-electron chi connectivity index (χ1n) is 6.39. The maximum Gasteiger partial charge on any atom is 0.174 e. The van der Waals surface area contributed by atoms with Crippen LogP contribution in [-0.4, -0.2) is 0 Å². The summed E-state index contributed by atoms with van der Waals surface area (Å²) in [4.78, 5) is 0. The first kappa shape index (κ1) is 14.3. The van der Waals surface area contributed by atoms with Gasteiger partial charge in [-0.2, -0.15) is 0 Å². The second kappa shape index (κ2) is 6.37. The quantitative estimate of drug-likeness (QED) is 0.650. The second-order valence-electron chi connectivity index (χ2n) is 5.09. The summed E-state index contributed by atoms with van der Waals surface area (Å²) < 4.78 is 6.00. The van der Waals surface area contributed by atoms with Gasteiger partial charge < -0.3 is 4.42 Å². The highest BCUT2D eigenvalue weighted by atomic mass is 79.9. The zero-order valence-corrected chi connectivity index (χ0v) is 12.8. The first-order chi connectivity index (χ1) is 9.11. The topological polar surface area (TPSA) is 51.2 Å². The van der Waals surface area contributed by atoms with Crippen LogP contribution in [0.4, 0.5) is 0 Å². The summed E-state index contributed by atoms with van der Waals surface area (Å²) in [7, 11) is 0. The van der Waals surface area contributed by atoms with Crippen LogP contribution in [-0.2, 0) is 6.42 Å². The molecule has 1 atom stereocenters. The Labute approximate surface area is 122 Å². The van der Waals surface area contributed by atoms with E-state index < -0.39 is 0 Å². The summed E-state index contributed by atoms with van der Waals surface area (Å²) in [5, 5.41) is 0. The van der Waals surface area contributed by atoms with Gasteiger partial charge in [-0.05, 0) is 45.5 Å². The molecule has 0 bridgehead atoms. The van der Waals surface area contributed by atoms with Crippen LogP contribution in [0.3, 0.4) is 0 Å². The van der Waals surface area contributed by atoms with Crippen LogP contribution in [0.2, 0.25) is 0 Å². The van der Waals surface area contributed by atoms with E-state index in [1.54, 1.807) is 6.26 Å². The van der Waals surface area contributed by atoms with E-state index in [1.807, 2.05) is 6.07 Å². The molecule has 19 heavy (non-hydrogen) atoms. The van der Waals surface area contributed by atoms with Gasteiger partial charge in [0.2, 0.25) is 0 Å². The van der Waals surface area contributed by atoms with Crippen molar-refractivity contribution in [3.05, 3.63) is 58.0 Å². The van der Waals surface area contributed by atoms with E-state index in [2.05, 4.69) is 59.5 Å². The molecule has 0 saturated carbocycles. The Morgan fingerprint density at radius 1 is 1.32 bits per heavy atom. The average Bonchev–Trinajstić information content (AvgIpc) is 2.77. The van der Waals surface area contributed by atoms with Crippen LogP contribution in [0.1, 0.15) is 36.6 Å². The van der Waals surface area contributed by atoms with E-state index in [4.69, 9.17) is 10.3 Å². The standard InChI is InChI=1S/C15H19BrN2O/c1-10(2)8-11-4-3-5-12(9-11)14(18-17)13-6-7-19-15(13)16/h3-7,9-10,14,18H,8,17H2,1-2H3. The van der Waals surface area contributed by atoms with E-state index in [1.165, 1.54) is 5.56 Å². The van der Waals surface area contributed by atoms with Gasteiger partial charge >= 0.3 is 0 Å². The van der Waals surface area contributed by atoms with Gasteiger partial charge in [-0.25, -0.2) is 5.43 Å². The van der Waals surface area contributed by atoms with Crippen LogP contribution < -0.4 is 11.3 Å². The van der Waals surface area contributed by atoms with Gasteiger partial charge in [0.15, 0.2) is 4.67 Å². The molecule has 1 unspecified atom stereocenters. The lowest BCUT2D eigenvalue weighted by atomic mass is 9.96. The Balaban J connectivity index is 2.31. The van der Waals surface area contributed by atoms with E-state index in [-0.39, 0.29) is 6.04 Å². The third kappa shape index (κ3) is 3.47. The average molecular weight is 323 g/mol. The molecule has 0 aliphatic heterocycles. The van der Waals surface area contributed by atoms with Crippen molar-refractivity contribution in [2.45, 2.75) is 26.3 Å². The molecule has 0 amide bonds. The number of rotatable bonds is 5. The van der Waals surface area contributed by atoms with E-state index >= 15 is 0 Å². The molecule has 0 radical (unpaired) electrons. The third-order valence-electron chi connectivity index (χ3n) is 3.05. The second-order valence-corrected chi connectivity index (χ2v) is 5.81. The van der Waals surface area contributed by atoms with Crippen LogP contribution >= 0.6 is 15.9 Å². The Bertz CT molecular complexity index is 536. The molecule has 0 aliphatic rings. The molecular formula is C15H19BrN2O. The van der Waals surface area contributed by atoms with Crippen LogP contribution in [0.5, 0.6) is 0 Å². The summed E-state index contributed by atoms with van der Waals surface area (Å²) in [6.07, 6.45) is 2.72. The molecule has 0 saturated heterocycles. The number of hydrogen-bond acceptors (Lipinski definition) is 3. The maximum absolute atomic E-state index is 5.70. The molecule has 102 valence electrons. The smallest absolute Gasteiger partial charge is 0.174 e. The lowest BCUT2D eigenvalue weighted by Gasteiger charge is -2.17. The number of halogens is 1. The molecule has 2 rings (SSSR count). The van der Waals surface area contributed by atoms with Crippen LogP contribution in [0.25, 0.3) is 0 Å². The predicted octanol–water partition coefficient (Wildman–Crippen LogP) is 3.79. The van der Waals surface area contributed by atoms with Gasteiger partial charge in [0.1, 0.15) is 0 Å². The Kier molecular flexibility index (Phi) is 4.80. The predicted molar refractivity (Wildman–Crippen MR) is 80.6 cm³/mol. The van der Waals surface area contributed by atoms with Crippen molar-refractivity contribution < 1.29 is 4.42 Å². The molecule has 1 aromatic heterocycles. The normalized spacial score (nSPS) is 12.9. The Morgan fingerprint density at radius 2 is 2.11 bits per heavy atom. The number of furan rings is 1. The molecule has 0 spiro atoms. The minimum Gasteiger partial charge on any atom is -0.457 e. The SMILES string of the molecule is CC(C)Cc1cccc(C(NN)c2ccoc2Br)c1. The van der Waals surface area contributed by atoms with Gasteiger partial charge in [0.05, 0.1) is 12.3 Å². The van der Waals surface area contributed by atoms with E-state index in [0.717, 1.165) is 17.5 Å². The van der Waals surface area contributed by atoms with Crippen LogP contribution in [0, 0.1) is 5.92 Å². The highest BCUT2D eigenvalue weighted by Gasteiger charge is 2.17. The molecule has 4 heteroatoms. The number of benzene rings is 1. The lowest BCUT2D eigenvalue weighted by Crippen LogP contribution is -2.28. The Morgan fingerprint density at radius 3 is 2.68 bits per heavy atom. The lowest BCUT2D eigenvalue weighted by molar-refractivity contribution is 0.526. The van der Waals surface area contributed by atoms with Gasteiger partial charge in [0, 0.05) is 5.56 Å². The summed E-state index contributed by atoms with van der Waals surface area (Å²) >= 11 is 3.40. The Hall–Kier alpha value is -1.10. The molecule has 3 N–H and O–H groups in total. The zero-order valence-electron chi connectivity index (χ0n) is 11.2. The van der Waals surface area contributed by atoms with Gasteiger partial charge in [0.25, 0.3) is 0 Å². The molecule has 2 aromatic rings. The number of hydrogen-bond donors (Lipinski definition) is 2. The first-order valence-corrected chi connectivity index (χ1v) is 7.19. The summed E-state index contributed by atoms with van der Waals surface area (Å²) in [6.45, 7) is 4.44. The highest BCUT2D eigenvalue weighted by Crippen LogP contribution is 2.29. The van der Waals surface area contributed by atoms with Crippen molar-refractivity contribution >= 4 is 15.9 Å². The molecule has 0 aliphatic carbocycles. The van der Waals surface area contributed by atoms with Crippen LogP contribution in [0.15, 0.2) is 45.7 Å². The summed E-state index contributed by atoms with van der Waals surface area (Å²) in [5.41, 5.74) is 6.32. The summed E-state index contributed by atoms with van der Waals surface area (Å²) in [5.74, 6) is 6.34. The molecule has 3 nitrogen and oxygen atoms in total. The third-order valence-corrected chi connectivity index (χ3v) is 3.70.